The summed E-state index contributed by atoms with van der Waals surface area (Å²) in [5.74, 6) is 0.717. The largest absolute Gasteiger partial charge is 0.508 e. The lowest BCUT2D eigenvalue weighted by Crippen LogP contribution is -2.62. The van der Waals surface area contributed by atoms with E-state index in [1.165, 1.54) is 0 Å². The number of benzene rings is 3. The van der Waals surface area contributed by atoms with Crippen LogP contribution in [0, 0.1) is 11.3 Å². The number of aromatic hydroxyl groups is 1. The van der Waals surface area contributed by atoms with Crippen LogP contribution in [0.25, 0.3) is 0 Å². The van der Waals surface area contributed by atoms with Gasteiger partial charge in [0.05, 0.1) is 32.5 Å². The number of piperidine rings is 1. The Balaban J connectivity index is 1.36. The van der Waals surface area contributed by atoms with Crippen LogP contribution in [-0.2, 0) is 29.2 Å². The van der Waals surface area contributed by atoms with Crippen LogP contribution < -0.4 is 0 Å². The summed E-state index contributed by atoms with van der Waals surface area (Å²) < 4.78 is 12.8. The molecule has 5 heteroatoms. The zero-order valence-electron chi connectivity index (χ0n) is 20.8. The summed E-state index contributed by atoms with van der Waals surface area (Å²) in [7, 11) is 0. The number of fused-ring (bicyclic) bond motifs is 2. The molecule has 1 aliphatic carbocycles. The molecule has 0 unspecified atom stereocenters. The molecular formula is C31H37NO4. The summed E-state index contributed by atoms with van der Waals surface area (Å²) in [4.78, 5) is 2.35. The van der Waals surface area contributed by atoms with Crippen LogP contribution in [-0.4, -0.2) is 47.0 Å². The molecule has 1 aliphatic heterocycles. The highest BCUT2D eigenvalue weighted by atomic mass is 16.5. The van der Waals surface area contributed by atoms with Crippen molar-refractivity contribution in [1.29, 1.82) is 0 Å². The van der Waals surface area contributed by atoms with E-state index < -0.39 is 0 Å². The van der Waals surface area contributed by atoms with Gasteiger partial charge in [-0.1, -0.05) is 78.9 Å². The van der Waals surface area contributed by atoms with Crippen molar-refractivity contribution in [3.05, 3.63) is 102 Å². The molecule has 1 heterocycles. The fourth-order valence-corrected chi connectivity index (χ4v) is 6.03. The Morgan fingerprint density at radius 1 is 0.778 bits per heavy atom. The lowest BCUT2D eigenvalue weighted by Gasteiger charge is -2.55. The predicted molar refractivity (Wildman–Crippen MR) is 140 cm³/mol. The molecule has 2 bridgehead atoms. The molecule has 1 saturated heterocycles. The van der Waals surface area contributed by atoms with Gasteiger partial charge in [-0.2, -0.15) is 0 Å². The number of para-hydroxylation sites is 1. The van der Waals surface area contributed by atoms with Crippen LogP contribution >= 0.6 is 0 Å². The van der Waals surface area contributed by atoms with Gasteiger partial charge in [0.2, 0.25) is 0 Å². The Morgan fingerprint density at radius 2 is 1.36 bits per heavy atom. The number of rotatable bonds is 10. The Kier molecular flexibility index (Phi) is 8.02. The normalized spacial score (nSPS) is 23.4. The number of ether oxygens (including phenoxy) is 2. The number of phenols is 1. The average molecular weight is 488 g/mol. The summed E-state index contributed by atoms with van der Waals surface area (Å²) in [6.45, 7) is 3.69. The molecule has 190 valence electrons. The number of aliphatic hydroxyl groups is 1. The lowest BCUT2D eigenvalue weighted by atomic mass is 9.63. The van der Waals surface area contributed by atoms with E-state index in [2.05, 4.69) is 29.2 Å². The quantitative estimate of drug-likeness (QED) is 0.414. The molecular weight excluding hydrogens is 450 g/mol. The first-order valence-corrected chi connectivity index (χ1v) is 13.1. The van der Waals surface area contributed by atoms with E-state index in [0.29, 0.717) is 44.6 Å². The van der Waals surface area contributed by atoms with E-state index in [4.69, 9.17) is 9.47 Å². The first-order chi connectivity index (χ1) is 17.6. The summed E-state index contributed by atoms with van der Waals surface area (Å²) in [5.41, 5.74) is 3.02. The van der Waals surface area contributed by atoms with Crippen molar-refractivity contribution in [2.24, 2.45) is 11.3 Å². The van der Waals surface area contributed by atoms with E-state index in [0.717, 1.165) is 42.5 Å². The molecule has 5 nitrogen and oxygen atoms in total. The number of phenolic OH excluding ortho intramolecular Hbond substituents is 1. The van der Waals surface area contributed by atoms with E-state index in [9.17, 15) is 10.2 Å². The number of hydrogen-bond donors (Lipinski definition) is 2. The number of nitrogens with zero attached hydrogens (tertiary/aromatic N) is 1. The second-order valence-electron chi connectivity index (χ2n) is 10.5. The van der Waals surface area contributed by atoms with E-state index in [1.54, 1.807) is 6.07 Å². The van der Waals surface area contributed by atoms with E-state index in [-0.39, 0.29) is 17.6 Å². The third-order valence-electron chi connectivity index (χ3n) is 8.00. The maximum Gasteiger partial charge on any atom is 0.120 e. The van der Waals surface area contributed by atoms with Gasteiger partial charge in [-0.05, 0) is 42.4 Å². The monoisotopic (exact) mass is 487 g/mol. The zero-order chi connectivity index (χ0) is 24.8. The first-order valence-electron chi connectivity index (χ1n) is 13.1. The fourth-order valence-electron chi connectivity index (χ4n) is 6.03. The minimum Gasteiger partial charge on any atom is -0.508 e. The smallest absolute Gasteiger partial charge is 0.120 e. The maximum absolute atomic E-state index is 10.9. The van der Waals surface area contributed by atoms with E-state index >= 15 is 0 Å². The van der Waals surface area contributed by atoms with Gasteiger partial charge in [-0.15, -0.1) is 0 Å². The van der Waals surface area contributed by atoms with Crippen molar-refractivity contribution in [2.75, 3.05) is 19.8 Å². The Labute approximate surface area is 214 Å². The summed E-state index contributed by atoms with van der Waals surface area (Å²) in [6, 6.07) is 28.2. The Morgan fingerprint density at radius 3 is 1.97 bits per heavy atom. The standard InChI is InChI=1S/C31H37NO4/c33-29-14-8-7-13-26(29)18-32-21-31(27-15-16-30(34)28(32)17-27,22-35-19-24-9-3-1-4-10-24)23-36-20-25-11-5-2-6-12-25/h1-14,27-28,30,33-34H,15-23H2/t27-,28-,30-/m0/s1. The molecule has 36 heavy (non-hydrogen) atoms. The van der Waals surface area contributed by atoms with Gasteiger partial charge >= 0.3 is 0 Å². The maximum atomic E-state index is 10.9. The van der Waals surface area contributed by atoms with Gasteiger partial charge < -0.3 is 19.7 Å². The van der Waals surface area contributed by atoms with Crippen LogP contribution in [0.3, 0.4) is 0 Å². The molecule has 3 aromatic rings. The van der Waals surface area contributed by atoms with Crippen LogP contribution in [0.5, 0.6) is 5.75 Å². The summed E-state index contributed by atoms with van der Waals surface area (Å²) >= 11 is 0. The first kappa shape index (κ1) is 25.0. The molecule has 3 aromatic carbocycles. The van der Waals surface area contributed by atoms with Gasteiger partial charge in [0.1, 0.15) is 5.75 Å². The molecule has 2 fully saturated rings. The second kappa shape index (κ2) is 11.6. The molecule has 3 atom stereocenters. The molecule has 0 amide bonds. The molecule has 5 rings (SSSR count). The number of likely N-dealkylation sites (tertiary alicyclic amines) is 1. The minimum atomic E-state index is -0.347. The molecule has 0 radical (unpaired) electrons. The molecule has 2 N–H and O–H groups in total. The van der Waals surface area contributed by atoms with Crippen LogP contribution in [0.1, 0.15) is 36.0 Å². The predicted octanol–water partition coefficient (Wildman–Crippen LogP) is 5.16. The summed E-state index contributed by atoms with van der Waals surface area (Å²) in [5, 5.41) is 21.3. The van der Waals surface area contributed by atoms with Gasteiger partial charge in [0.25, 0.3) is 0 Å². The van der Waals surface area contributed by atoms with E-state index in [1.807, 2.05) is 54.6 Å². The highest BCUT2D eigenvalue weighted by Crippen LogP contribution is 2.47. The number of aliphatic hydroxyl groups excluding tert-OH is 1. The second-order valence-corrected chi connectivity index (χ2v) is 10.5. The van der Waals surface area contributed by atoms with Crippen molar-refractivity contribution >= 4 is 0 Å². The van der Waals surface area contributed by atoms with Gasteiger partial charge in [-0.3, -0.25) is 4.90 Å². The van der Waals surface area contributed by atoms with Crippen LogP contribution in [0.4, 0.5) is 0 Å². The van der Waals surface area contributed by atoms with Crippen molar-refractivity contribution in [1.82, 2.24) is 4.90 Å². The van der Waals surface area contributed by atoms with Crippen molar-refractivity contribution in [3.8, 4) is 5.75 Å². The van der Waals surface area contributed by atoms with Crippen LogP contribution in [0.15, 0.2) is 84.9 Å². The van der Waals surface area contributed by atoms with Crippen molar-refractivity contribution in [2.45, 2.75) is 51.2 Å². The van der Waals surface area contributed by atoms with Gasteiger partial charge in [0, 0.05) is 30.1 Å². The van der Waals surface area contributed by atoms with Gasteiger partial charge in [-0.25, -0.2) is 0 Å². The average Bonchev–Trinajstić information content (AvgIpc) is 2.91. The molecule has 2 aliphatic rings. The highest BCUT2D eigenvalue weighted by Gasteiger charge is 2.51. The zero-order valence-corrected chi connectivity index (χ0v) is 20.8. The summed E-state index contributed by atoms with van der Waals surface area (Å²) in [6.07, 6.45) is 2.33. The SMILES string of the molecule is Oc1ccccc1CN1CC(COCc2ccccc2)(COCc2ccccc2)[C@H]2CC[C@H](O)[C@@H]1C2. The Bertz CT molecular complexity index is 1040. The van der Waals surface area contributed by atoms with Crippen molar-refractivity contribution < 1.29 is 19.7 Å². The molecule has 0 spiro atoms. The minimum absolute atomic E-state index is 0.0831. The highest BCUT2D eigenvalue weighted by molar-refractivity contribution is 5.32. The third kappa shape index (κ3) is 5.81. The van der Waals surface area contributed by atoms with Crippen molar-refractivity contribution in [3.63, 3.8) is 0 Å². The topological polar surface area (TPSA) is 62.2 Å². The third-order valence-corrected chi connectivity index (χ3v) is 8.00. The number of hydrogen-bond acceptors (Lipinski definition) is 5. The molecule has 1 saturated carbocycles. The lowest BCUT2D eigenvalue weighted by molar-refractivity contribution is -0.152. The Hall–Kier alpha value is -2.70. The van der Waals surface area contributed by atoms with Gasteiger partial charge in [0.15, 0.2) is 0 Å². The molecule has 0 aromatic heterocycles. The fraction of sp³-hybridized carbons (Fsp3) is 0.419. The van der Waals surface area contributed by atoms with Crippen LogP contribution in [0.2, 0.25) is 0 Å².